The second kappa shape index (κ2) is 16.8. The Bertz CT molecular complexity index is 1860. The minimum Gasteiger partial charge on any atom is -0.354 e. The number of hydrogen-bond acceptors (Lipinski definition) is 4. The average molecular weight is 755 g/mol. The van der Waals surface area contributed by atoms with Gasteiger partial charge >= 0.3 is 6.18 Å². The van der Waals surface area contributed by atoms with Gasteiger partial charge in [0.1, 0.15) is 12.6 Å². The Morgan fingerprint density at radius 2 is 1.45 bits per heavy atom. The summed E-state index contributed by atoms with van der Waals surface area (Å²) in [7, 11) is -4.68. The first-order valence-corrected chi connectivity index (χ1v) is 17.8. The molecule has 1 N–H and O–H groups in total. The van der Waals surface area contributed by atoms with Crippen LogP contribution in [0.25, 0.3) is 0 Å². The topological polar surface area (TPSA) is 86.8 Å². The van der Waals surface area contributed by atoms with Gasteiger partial charge in [-0.15, -0.1) is 0 Å². The van der Waals surface area contributed by atoms with Gasteiger partial charge in [0.25, 0.3) is 10.0 Å². The summed E-state index contributed by atoms with van der Waals surface area (Å²) in [5, 5.41) is 2.96. The minimum atomic E-state index is -4.84. The predicted molar refractivity (Wildman–Crippen MR) is 186 cm³/mol. The monoisotopic (exact) mass is 753 g/mol. The minimum absolute atomic E-state index is 0.0433. The van der Waals surface area contributed by atoms with Crippen LogP contribution in [0.5, 0.6) is 0 Å². The number of halogens is 6. The number of rotatable bonds is 14. The van der Waals surface area contributed by atoms with E-state index in [1.165, 1.54) is 41.3 Å². The Kier molecular flexibility index (Phi) is 13.0. The van der Waals surface area contributed by atoms with Crippen molar-refractivity contribution in [3.8, 4) is 0 Å². The van der Waals surface area contributed by atoms with Gasteiger partial charge in [0.05, 0.1) is 31.2 Å². The van der Waals surface area contributed by atoms with Gasteiger partial charge in [0.2, 0.25) is 11.8 Å². The number of unbranched alkanes of at least 4 members (excludes halogenated alkanes) is 1. The molecule has 49 heavy (non-hydrogen) atoms. The molecule has 4 aromatic rings. The summed E-state index contributed by atoms with van der Waals surface area (Å²) in [6.07, 6.45) is -3.34. The van der Waals surface area contributed by atoms with Crippen molar-refractivity contribution in [3.63, 3.8) is 0 Å². The van der Waals surface area contributed by atoms with Gasteiger partial charge in [-0.05, 0) is 60.0 Å². The van der Waals surface area contributed by atoms with Crippen LogP contribution in [-0.4, -0.2) is 44.3 Å². The molecule has 4 rings (SSSR count). The van der Waals surface area contributed by atoms with Crippen LogP contribution in [0, 0.1) is 0 Å². The van der Waals surface area contributed by atoms with Crippen LogP contribution < -0.4 is 9.62 Å². The summed E-state index contributed by atoms with van der Waals surface area (Å²) in [6, 6.07) is 21.5. The lowest BCUT2D eigenvalue weighted by Crippen LogP contribution is -2.53. The van der Waals surface area contributed by atoms with Gasteiger partial charge in [-0.1, -0.05) is 103 Å². The van der Waals surface area contributed by atoms with Gasteiger partial charge in [0, 0.05) is 19.5 Å². The van der Waals surface area contributed by atoms with Crippen molar-refractivity contribution < 1.29 is 31.2 Å². The van der Waals surface area contributed by atoms with E-state index in [0.717, 1.165) is 12.5 Å². The molecule has 4 aromatic carbocycles. The molecule has 0 saturated carbocycles. The summed E-state index contributed by atoms with van der Waals surface area (Å²) in [4.78, 5) is 29.3. The van der Waals surface area contributed by atoms with E-state index in [0.29, 0.717) is 40.5 Å². The van der Waals surface area contributed by atoms with Crippen molar-refractivity contribution in [2.75, 3.05) is 17.4 Å². The van der Waals surface area contributed by atoms with E-state index in [-0.39, 0.29) is 32.9 Å². The van der Waals surface area contributed by atoms with Crippen LogP contribution in [0.3, 0.4) is 0 Å². The molecule has 0 aliphatic heterocycles. The van der Waals surface area contributed by atoms with Crippen molar-refractivity contribution in [1.29, 1.82) is 0 Å². The van der Waals surface area contributed by atoms with Crippen molar-refractivity contribution in [2.45, 2.75) is 49.8 Å². The van der Waals surface area contributed by atoms with E-state index in [9.17, 15) is 31.2 Å². The van der Waals surface area contributed by atoms with Gasteiger partial charge < -0.3 is 10.2 Å². The van der Waals surface area contributed by atoms with Crippen LogP contribution >= 0.6 is 34.8 Å². The number of benzene rings is 4. The highest BCUT2D eigenvalue weighted by molar-refractivity contribution is 7.92. The van der Waals surface area contributed by atoms with E-state index in [4.69, 9.17) is 34.8 Å². The lowest BCUT2D eigenvalue weighted by Gasteiger charge is -2.34. The summed E-state index contributed by atoms with van der Waals surface area (Å²) in [5.41, 5.74) is -0.552. The largest absolute Gasteiger partial charge is 0.416 e. The Hall–Kier alpha value is -3.77. The Labute approximate surface area is 298 Å². The van der Waals surface area contributed by atoms with Crippen LogP contribution in [0.1, 0.15) is 36.5 Å². The number of carbonyl (C=O) groups excluding carboxylic acids is 2. The Morgan fingerprint density at radius 1 is 0.816 bits per heavy atom. The van der Waals surface area contributed by atoms with Gasteiger partial charge in [-0.25, -0.2) is 8.42 Å². The zero-order valence-electron chi connectivity index (χ0n) is 26.3. The number of sulfonamides is 1. The molecule has 0 aliphatic carbocycles. The standard InChI is InChI=1S/C35H33Cl3F3N3O4S/c1-2-3-18-42-34(46)32(20-24-10-6-4-7-11-24)43(22-25-14-16-28(36)30(38)19-25)33(45)23-44(49(47,48)27-12-8-5-9-13-27)31-21-26(35(39,40)41)15-17-29(31)37/h4-17,19,21,32H,2-3,18,20,22-23H2,1H3,(H,42,46)/t32-/m0/s1. The molecule has 1 atom stereocenters. The number of nitrogens with zero attached hydrogens (tertiary/aromatic N) is 2. The molecule has 0 unspecified atom stereocenters. The lowest BCUT2D eigenvalue weighted by atomic mass is 10.0. The predicted octanol–water partition coefficient (Wildman–Crippen LogP) is 8.42. The lowest BCUT2D eigenvalue weighted by molar-refractivity contribution is -0.140. The number of hydrogen-bond donors (Lipinski definition) is 1. The first-order chi connectivity index (χ1) is 23.2. The molecule has 14 heteroatoms. The molecule has 0 spiro atoms. The summed E-state index contributed by atoms with van der Waals surface area (Å²) < 4.78 is 70.3. The first-order valence-electron chi connectivity index (χ1n) is 15.2. The normalized spacial score (nSPS) is 12.3. The Morgan fingerprint density at radius 3 is 2.06 bits per heavy atom. The van der Waals surface area contributed by atoms with Crippen molar-refractivity contribution >= 4 is 62.3 Å². The number of anilines is 1. The Balaban J connectivity index is 1.87. The van der Waals surface area contributed by atoms with E-state index in [1.54, 1.807) is 42.5 Å². The molecule has 0 heterocycles. The number of alkyl halides is 3. The van der Waals surface area contributed by atoms with Crippen molar-refractivity contribution in [1.82, 2.24) is 10.2 Å². The van der Waals surface area contributed by atoms with Crippen LogP contribution in [0.15, 0.2) is 102 Å². The van der Waals surface area contributed by atoms with Crippen LogP contribution in [-0.2, 0) is 38.8 Å². The molecule has 0 bridgehead atoms. The fourth-order valence-electron chi connectivity index (χ4n) is 5.01. The fourth-order valence-corrected chi connectivity index (χ4v) is 7.04. The van der Waals surface area contributed by atoms with Gasteiger partial charge in [-0.2, -0.15) is 13.2 Å². The van der Waals surface area contributed by atoms with Crippen molar-refractivity contribution in [2.24, 2.45) is 0 Å². The average Bonchev–Trinajstić information content (AvgIpc) is 3.07. The molecule has 0 aromatic heterocycles. The van der Waals surface area contributed by atoms with Crippen LogP contribution in [0.2, 0.25) is 15.1 Å². The van der Waals surface area contributed by atoms with Gasteiger partial charge in [0.15, 0.2) is 0 Å². The van der Waals surface area contributed by atoms with Crippen molar-refractivity contribution in [3.05, 3.63) is 129 Å². The van der Waals surface area contributed by atoms with Crippen LogP contribution in [0.4, 0.5) is 18.9 Å². The second-order valence-electron chi connectivity index (χ2n) is 11.1. The number of carbonyl (C=O) groups is 2. The van der Waals surface area contributed by atoms with E-state index in [2.05, 4.69) is 5.32 Å². The maximum atomic E-state index is 14.5. The third kappa shape index (κ3) is 9.91. The summed E-state index contributed by atoms with van der Waals surface area (Å²) in [5.74, 6) is -1.38. The maximum absolute atomic E-state index is 14.5. The molecular weight excluding hydrogens is 722 g/mol. The third-order valence-corrected chi connectivity index (χ3v) is 10.4. The number of amides is 2. The zero-order valence-corrected chi connectivity index (χ0v) is 29.3. The summed E-state index contributed by atoms with van der Waals surface area (Å²) >= 11 is 18.8. The third-order valence-electron chi connectivity index (χ3n) is 7.59. The van der Waals surface area contributed by atoms with E-state index >= 15 is 0 Å². The first kappa shape index (κ1) is 38.0. The molecule has 0 fully saturated rings. The highest BCUT2D eigenvalue weighted by Gasteiger charge is 2.37. The second-order valence-corrected chi connectivity index (χ2v) is 14.2. The zero-order chi connectivity index (χ0) is 35.8. The molecule has 0 aliphatic rings. The fraction of sp³-hybridized carbons (Fsp3) is 0.257. The highest BCUT2D eigenvalue weighted by atomic mass is 35.5. The SMILES string of the molecule is CCCCNC(=O)[C@H](Cc1ccccc1)N(Cc1ccc(Cl)c(Cl)c1)C(=O)CN(c1cc(C(F)(F)F)ccc1Cl)S(=O)(=O)c1ccccc1. The summed E-state index contributed by atoms with van der Waals surface area (Å²) in [6.45, 7) is 1.06. The maximum Gasteiger partial charge on any atom is 0.416 e. The smallest absolute Gasteiger partial charge is 0.354 e. The molecule has 7 nitrogen and oxygen atoms in total. The molecule has 260 valence electrons. The highest BCUT2D eigenvalue weighted by Crippen LogP contribution is 2.37. The molecule has 0 saturated heterocycles. The number of nitrogens with one attached hydrogen (secondary N) is 1. The molecular formula is C35H33Cl3F3N3O4S. The quantitative estimate of drug-likeness (QED) is 0.131. The molecule has 0 radical (unpaired) electrons. The molecule has 2 amide bonds. The van der Waals surface area contributed by atoms with E-state index < -0.39 is 51.9 Å². The van der Waals surface area contributed by atoms with Gasteiger partial charge in [-0.3, -0.25) is 13.9 Å². The van der Waals surface area contributed by atoms with E-state index in [1.807, 2.05) is 6.92 Å².